The van der Waals surface area contributed by atoms with Crippen molar-refractivity contribution in [2.75, 3.05) is 5.73 Å². The minimum absolute atomic E-state index is 0.765. The fourth-order valence-electron chi connectivity index (χ4n) is 2.28. The topological polar surface area (TPSA) is 43.8 Å². The van der Waals surface area contributed by atoms with Gasteiger partial charge in [-0.3, -0.25) is 4.68 Å². The molecular weight excluding hydrogens is 222 g/mol. The summed E-state index contributed by atoms with van der Waals surface area (Å²) < 4.78 is 1.75. The lowest BCUT2D eigenvalue weighted by Gasteiger charge is -2.01. The highest BCUT2D eigenvalue weighted by Gasteiger charge is 2.01. The number of rotatable bonds is 10. The number of unbranched alkanes of at least 4 members (excludes halogenated alkanes) is 8. The van der Waals surface area contributed by atoms with Gasteiger partial charge in [-0.05, 0) is 12.8 Å². The van der Waals surface area contributed by atoms with E-state index >= 15 is 0 Å². The van der Waals surface area contributed by atoms with Crippen LogP contribution in [0.2, 0.25) is 0 Å². The van der Waals surface area contributed by atoms with E-state index in [0.29, 0.717) is 0 Å². The van der Waals surface area contributed by atoms with Crippen molar-refractivity contribution in [1.82, 2.24) is 9.78 Å². The quantitative estimate of drug-likeness (QED) is 0.637. The molecule has 0 atom stereocenters. The Morgan fingerprint density at radius 2 is 1.56 bits per heavy atom. The molecule has 104 valence electrons. The van der Waals surface area contributed by atoms with Gasteiger partial charge in [-0.15, -0.1) is 0 Å². The lowest BCUT2D eigenvalue weighted by atomic mass is 10.1. The molecular formula is C15H29N3. The zero-order chi connectivity index (χ0) is 13.2. The molecule has 2 N–H and O–H groups in total. The van der Waals surface area contributed by atoms with Crippen molar-refractivity contribution in [2.45, 2.75) is 71.1 Å². The second-order valence-corrected chi connectivity index (χ2v) is 5.26. The zero-order valence-corrected chi connectivity index (χ0v) is 12.1. The highest BCUT2D eigenvalue weighted by atomic mass is 15.3. The molecule has 0 fully saturated rings. The van der Waals surface area contributed by atoms with Crippen LogP contribution < -0.4 is 5.73 Å². The number of aryl methyl sites for hydroxylation is 2. The summed E-state index contributed by atoms with van der Waals surface area (Å²) in [6, 6.07) is 1.99. The van der Waals surface area contributed by atoms with Gasteiger partial charge in [-0.25, -0.2) is 0 Å². The van der Waals surface area contributed by atoms with Gasteiger partial charge in [0.25, 0.3) is 0 Å². The van der Waals surface area contributed by atoms with Gasteiger partial charge in [0.2, 0.25) is 0 Å². The van der Waals surface area contributed by atoms with Crippen molar-refractivity contribution < 1.29 is 0 Å². The van der Waals surface area contributed by atoms with E-state index in [1.165, 1.54) is 57.8 Å². The molecule has 1 rings (SSSR count). The van der Waals surface area contributed by atoms with E-state index in [2.05, 4.69) is 12.0 Å². The van der Waals surface area contributed by atoms with E-state index in [4.69, 9.17) is 5.73 Å². The fraction of sp³-hybridized carbons (Fsp3) is 0.800. The van der Waals surface area contributed by atoms with Crippen LogP contribution in [-0.4, -0.2) is 9.78 Å². The highest BCUT2D eigenvalue weighted by Crippen LogP contribution is 2.12. The summed E-state index contributed by atoms with van der Waals surface area (Å²) in [5, 5.41) is 4.37. The van der Waals surface area contributed by atoms with Crippen LogP contribution in [0.3, 0.4) is 0 Å². The van der Waals surface area contributed by atoms with Crippen LogP contribution in [0.1, 0.15) is 70.4 Å². The molecule has 0 amide bonds. The second kappa shape index (κ2) is 9.01. The van der Waals surface area contributed by atoms with Crippen LogP contribution in [0.25, 0.3) is 0 Å². The number of anilines is 1. The van der Waals surface area contributed by atoms with E-state index in [0.717, 1.165) is 17.9 Å². The van der Waals surface area contributed by atoms with Crippen molar-refractivity contribution in [3.63, 3.8) is 0 Å². The maximum absolute atomic E-state index is 5.75. The Hall–Kier alpha value is -0.990. The van der Waals surface area contributed by atoms with E-state index in [1.54, 1.807) is 4.68 Å². The number of aromatic nitrogens is 2. The van der Waals surface area contributed by atoms with E-state index < -0.39 is 0 Å². The average molecular weight is 251 g/mol. The van der Waals surface area contributed by atoms with Crippen LogP contribution in [-0.2, 0) is 13.5 Å². The predicted octanol–water partition coefficient (Wildman–Crippen LogP) is 4.08. The smallest absolute Gasteiger partial charge is 0.121 e. The summed E-state index contributed by atoms with van der Waals surface area (Å²) in [4.78, 5) is 0. The average Bonchev–Trinajstić information content (AvgIpc) is 2.67. The third-order valence-corrected chi connectivity index (χ3v) is 3.50. The minimum Gasteiger partial charge on any atom is -0.384 e. The van der Waals surface area contributed by atoms with Gasteiger partial charge in [0, 0.05) is 13.1 Å². The van der Waals surface area contributed by atoms with Crippen molar-refractivity contribution in [1.29, 1.82) is 0 Å². The first-order valence-electron chi connectivity index (χ1n) is 7.52. The lowest BCUT2D eigenvalue weighted by molar-refractivity contribution is 0.562. The summed E-state index contributed by atoms with van der Waals surface area (Å²) in [6.07, 6.45) is 13.4. The van der Waals surface area contributed by atoms with Crippen LogP contribution in [0.15, 0.2) is 6.07 Å². The second-order valence-electron chi connectivity index (χ2n) is 5.26. The highest BCUT2D eigenvalue weighted by molar-refractivity contribution is 5.30. The summed E-state index contributed by atoms with van der Waals surface area (Å²) in [7, 11) is 1.90. The fourth-order valence-corrected chi connectivity index (χ4v) is 2.28. The van der Waals surface area contributed by atoms with Crippen LogP contribution in [0, 0.1) is 0 Å². The van der Waals surface area contributed by atoms with E-state index in [1.807, 2.05) is 13.1 Å². The van der Waals surface area contributed by atoms with Crippen molar-refractivity contribution >= 4 is 5.82 Å². The molecule has 0 saturated carbocycles. The number of hydrogen-bond donors (Lipinski definition) is 1. The van der Waals surface area contributed by atoms with Gasteiger partial charge in [0.1, 0.15) is 5.82 Å². The standard InChI is InChI=1S/C15H29N3/c1-3-4-5-6-7-8-9-10-11-12-14-13-15(16)18(2)17-14/h13H,3-12,16H2,1-2H3. The summed E-state index contributed by atoms with van der Waals surface area (Å²) in [5.41, 5.74) is 6.89. The number of hydrogen-bond acceptors (Lipinski definition) is 2. The Morgan fingerprint density at radius 3 is 2.06 bits per heavy atom. The summed E-state index contributed by atoms with van der Waals surface area (Å²) in [5.74, 6) is 0.765. The Labute approximate surface area is 112 Å². The molecule has 0 aliphatic rings. The molecule has 0 radical (unpaired) electrons. The largest absolute Gasteiger partial charge is 0.384 e. The Bertz CT molecular complexity index is 298. The maximum atomic E-state index is 5.75. The molecule has 1 heterocycles. The van der Waals surface area contributed by atoms with Crippen molar-refractivity contribution in [3.05, 3.63) is 11.8 Å². The SMILES string of the molecule is CCCCCCCCCCCc1cc(N)n(C)n1. The monoisotopic (exact) mass is 251 g/mol. The minimum atomic E-state index is 0.765. The zero-order valence-electron chi connectivity index (χ0n) is 12.1. The van der Waals surface area contributed by atoms with Gasteiger partial charge in [-0.1, -0.05) is 58.3 Å². The molecule has 0 saturated heterocycles. The molecule has 0 unspecified atom stereocenters. The molecule has 1 aromatic rings. The van der Waals surface area contributed by atoms with Crippen LogP contribution in [0.4, 0.5) is 5.82 Å². The van der Waals surface area contributed by atoms with Crippen molar-refractivity contribution in [3.8, 4) is 0 Å². The third kappa shape index (κ3) is 6.08. The number of nitrogens with zero attached hydrogens (tertiary/aromatic N) is 2. The molecule has 3 nitrogen and oxygen atoms in total. The number of nitrogens with two attached hydrogens (primary N) is 1. The lowest BCUT2D eigenvalue weighted by Crippen LogP contribution is -1.97. The molecule has 1 aromatic heterocycles. The molecule has 3 heteroatoms. The van der Waals surface area contributed by atoms with Crippen molar-refractivity contribution in [2.24, 2.45) is 7.05 Å². The third-order valence-electron chi connectivity index (χ3n) is 3.50. The molecule has 0 aromatic carbocycles. The maximum Gasteiger partial charge on any atom is 0.121 e. The first-order chi connectivity index (χ1) is 8.74. The van der Waals surface area contributed by atoms with Gasteiger partial charge >= 0.3 is 0 Å². The Morgan fingerprint density at radius 1 is 1.00 bits per heavy atom. The van der Waals surface area contributed by atoms with Gasteiger partial charge in [-0.2, -0.15) is 5.10 Å². The summed E-state index contributed by atoms with van der Waals surface area (Å²) in [6.45, 7) is 2.27. The predicted molar refractivity (Wildman–Crippen MR) is 78.6 cm³/mol. The summed E-state index contributed by atoms with van der Waals surface area (Å²) >= 11 is 0. The first-order valence-corrected chi connectivity index (χ1v) is 7.52. The van der Waals surface area contributed by atoms with Crippen LogP contribution >= 0.6 is 0 Å². The molecule has 0 aliphatic carbocycles. The van der Waals surface area contributed by atoms with E-state index in [-0.39, 0.29) is 0 Å². The Kier molecular flexibility index (Phi) is 7.54. The molecule has 0 bridgehead atoms. The van der Waals surface area contributed by atoms with Gasteiger partial charge in [0.05, 0.1) is 5.69 Å². The molecule has 0 spiro atoms. The normalized spacial score (nSPS) is 11.0. The van der Waals surface area contributed by atoms with E-state index in [9.17, 15) is 0 Å². The number of nitrogen functional groups attached to an aromatic ring is 1. The van der Waals surface area contributed by atoms with Crippen LogP contribution in [0.5, 0.6) is 0 Å². The molecule has 0 aliphatic heterocycles. The Balaban J connectivity index is 1.92. The first kappa shape index (κ1) is 15.1. The van der Waals surface area contributed by atoms with Gasteiger partial charge in [0.15, 0.2) is 0 Å². The molecule has 18 heavy (non-hydrogen) atoms. The van der Waals surface area contributed by atoms with Gasteiger partial charge < -0.3 is 5.73 Å².